The number of H-pyrrole nitrogens is 1. The Morgan fingerprint density at radius 1 is 1.24 bits per heavy atom. The molecule has 0 aliphatic carbocycles. The van der Waals surface area contributed by atoms with Crippen molar-refractivity contribution in [3.63, 3.8) is 0 Å². The van der Waals surface area contributed by atoms with Gasteiger partial charge in [-0.25, -0.2) is 4.39 Å². The van der Waals surface area contributed by atoms with Crippen LogP contribution in [0.4, 0.5) is 4.39 Å². The van der Waals surface area contributed by atoms with Crippen molar-refractivity contribution in [2.75, 3.05) is 13.2 Å². The van der Waals surface area contributed by atoms with Gasteiger partial charge in [-0.15, -0.1) is 0 Å². The number of aromatic amines is 1. The summed E-state index contributed by atoms with van der Waals surface area (Å²) in [6.45, 7) is 3.56. The molecule has 6 rings (SSSR count). The van der Waals surface area contributed by atoms with Gasteiger partial charge in [0.25, 0.3) is 0 Å². The molecule has 4 heterocycles. The van der Waals surface area contributed by atoms with E-state index in [1.54, 1.807) is 29.2 Å². The second-order valence-electron chi connectivity index (χ2n) is 9.01. The normalized spacial score (nSPS) is 16.2. The molecule has 9 heteroatoms. The molecular formula is C25H25FN6O2. The molecule has 174 valence electrons. The van der Waals surface area contributed by atoms with E-state index in [1.807, 2.05) is 6.20 Å². The van der Waals surface area contributed by atoms with Gasteiger partial charge < -0.3 is 20.1 Å². The van der Waals surface area contributed by atoms with Gasteiger partial charge in [0.15, 0.2) is 0 Å². The second kappa shape index (κ2) is 7.76. The van der Waals surface area contributed by atoms with Crippen LogP contribution in [0.1, 0.15) is 19.0 Å². The average molecular weight is 461 g/mol. The molecule has 0 amide bonds. The number of nitrogens with one attached hydrogen (secondary N) is 1. The average Bonchev–Trinajstić information content (AvgIpc) is 3.50. The first-order valence-corrected chi connectivity index (χ1v) is 11.3. The highest BCUT2D eigenvalue weighted by atomic mass is 19.1. The Morgan fingerprint density at radius 2 is 2.03 bits per heavy atom. The lowest BCUT2D eigenvalue weighted by Crippen LogP contribution is -2.47. The zero-order valence-electron chi connectivity index (χ0n) is 18.7. The van der Waals surface area contributed by atoms with Crippen molar-refractivity contribution in [1.82, 2.24) is 24.5 Å². The number of ether oxygens (including phenoxy) is 1. The minimum absolute atomic E-state index is 0.193. The number of halogens is 1. The predicted molar refractivity (Wildman–Crippen MR) is 127 cm³/mol. The van der Waals surface area contributed by atoms with Crippen LogP contribution >= 0.6 is 0 Å². The van der Waals surface area contributed by atoms with Crippen molar-refractivity contribution in [1.29, 1.82) is 0 Å². The van der Waals surface area contributed by atoms with E-state index in [0.29, 0.717) is 13.2 Å². The van der Waals surface area contributed by atoms with Gasteiger partial charge in [-0.2, -0.15) is 10.2 Å². The number of nitrogens with zero attached hydrogens (tertiary/aromatic N) is 4. The van der Waals surface area contributed by atoms with Crippen LogP contribution in [0.2, 0.25) is 0 Å². The van der Waals surface area contributed by atoms with Gasteiger partial charge in [-0.3, -0.25) is 9.78 Å². The lowest BCUT2D eigenvalue weighted by atomic mass is 9.77. The fraction of sp³-hybridized carbons (Fsp3) is 0.280. The summed E-state index contributed by atoms with van der Waals surface area (Å²) in [5, 5.41) is 23.4. The Balaban J connectivity index is 1.72. The Kier molecular flexibility index (Phi) is 4.80. The number of aliphatic hydroxyl groups is 1. The quantitative estimate of drug-likeness (QED) is 0.337. The van der Waals surface area contributed by atoms with Gasteiger partial charge in [-0.1, -0.05) is 6.92 Å². The SMILES string of the molecule is CCC1(c2c(-c3cnn(CC(N)O)c3)c3cc4[nH]ncc4cc3n2-c2ccc(F)cc2)COC1. The summed E-state index contributed by atoms with van der Waals surface area (Å²) in [5.41, 5.74) is 11.2. The Hall–Kier alpha value is -3.53. The van der Waals surface area contributed by atoms with Gasteiger partial charge in [0.2, 0.25) is 0 Å². The smallest absolute Gasteiger partial charge is 0.123 e. The van der Waals surface area contributed by atoms with Crippen LogP contribution in [0, 0.1) is 5.82 Å². The third-order valence-corrected chi connectivity index (χ3v) is 6.84. The lowest BCUT2D eigenvalue weighted by Gasteiger charge is -2.42. The van der Waals surface area contributed by atoms with Gasteiger partial charge in [0, 0.05) is 39.5 Å². The van der Waals surface area contributed by atoms with Crippen LogP contribution in [0.15, 0.2) is 55.0 Å². The molecular weight excluding hydrogens is 435 g/mol. The molecule has 0 saturated carbocycles. The number of fused-ring (bicyclic) bond motifs is 2. The third-order valence-electron chi connectivity index (χ3n) is 6.84. The molecule has 1 fully saturated rings. The van der Waals surface area contributed by atoms with E-state index in [1.165, 1.54) is 12.1 Å². The predicted octanol–water partition coefficient (Wildman–Crippen LogP) is 3.46. The highest BCUT2D eigenvalue weighted by Gasteiger charge is 2.44. The molecule has 5 aromatic rings. The molecule has 0 spiro atoms. The van der Waals surface area contributed by atoms with Gasteiger partial charge in [0.1, 0.15) is 12.0 Å². The summed E-state index contributed by atoms with van der Waals surface area (Å²) < 4.78 is 23.5. The summed E-state index contributed by atoms with van der Waals surface area (Å²) in [4.78, 5) is 0. The number of nitrogens with two attached hydrogens (primary N) is 1. The Labute approximate surface area is 194 Å². The van der Waals surface area contributed by atoms with Crippen molar-refractivity contribution in [3.8, 4) is 16.8 Å². The van der Waals surface area contributed by atoms with Crippen molar-refractivity contribution < 1.29 is 14.2 Å². The van der Waals surface area contributed by atoms with E-state index in [9.17, 15) is 9.50 Å². The molecule has 1 aliphatic rings. The lowest BCUT2D eigenvalue weighted by molar-refractivity contribution is -0.0644. The van der Waals surface area contributed by atoms with Crippen molar-refractivity contribution in [3.05, 3.63) is 66.5 Å². The molecule has 1 aliphatic heterocycles. The molecule has 1 unspecified atom stereocenters. The minimum Gasteiger partial charge on any atom is -0.379 e. The fourth-order valence-corrected chi connectivity index (χ4v) is 5.02. The van der Waals surface area contributed by atoms with Crippen LogP contribution in [-0.2, 0) is 16.7 Å². The molecule has 0 bridgehead atoms. The number of hydrogen-bond donors (Lipinski definition) is 3. The topological polar surface area (TPSA) is 107 Å². The summed E-state index contributed by atoms with van der Waals surface area (Å²) in [7, 11) is 0. The first-order chi connectivity index (χ1) is 16.5. The number of rotatable bonds is 6. The largest absolute Gasteiger partial charge is 0.379 e. The number of aromatic nitrogens is 5. The summed E-state index contributed by atoms with van der Waals surface area (Å²) >= 11 is 0. The van der Waals surface area contributed by atoms with Crippen LogP contribution < -0.4 is 5.73 Å². The van der Waals surface area contributed by atoms with Crippen molar-refractivity contribution in [2.24, 2.45) is 5.73 Å². The number of benzene rings is 2. The molecule has 2 aromatic carbocycles. The maximum atomic E-state index is 13.9. The van der Waals surface area contributed by atoms with Crippen molar-refractivity contribution in [2.45, 2.75) is 31.5 Å². The molecule has 1 saturated heterocycles. The molecule has 4 N–H and O–H groups in total. The summed E-state index contributed by atoms with van der Waals surface area (Å²) in [5.74, 6) is -0.280. The fourth-order valence-electron chi connectivity index (χ4n) is 5.02. The van der Waals surface area contributed by atoms with E-state index in [-0.39, 0.29) is 17.8 Å². The number of hydrogen-bond acceptors (Lipinski definition) is 5. The second-order valence-corrected chi connectivity index (χ2v) is 9.01. The zero-order valence-corrected chi connectivity index (χ0v) is 18.7. The van der Waals surface area contributed by atoms with Gasteiger partial charge in [0.05, 0.1) is 48.6 Å². The summed E-state index contributed by atoms with van der Waals surface area (Å²) in [6, 6.07) is 10.8. The first-order valence-electron chi connectivity index (χ1n) is 11.3. The van der Waals surface area contributed by atoms with Crippen molar-refractivity contribution >= 4 is 21.8 Å². The van der Waals surface area contributed by atoms with Gasteiger partial charge >= 0.3 is 0 Å². The van der Waals surface area contributed by atoms with E-state index in [0.717, 1.165) is 50.7 Å². The minimum atomic E-state index is -1.00. The van der Waals surface area contributed by atoms with Crippen LogP contribution in [-0.4, -0.2) is 49.1 Å². The highest BCUT2D eigenvalue weighted by Crippen LogP contribution is 2.47. The zero-order chi connectivity index (χ0) is 23.4. The third kappa shape index (κ3) is 3.16. The first kappa shape index (κ1) is 21.0. The van der Waals surface area contributed by atoms with E-state index in [4.69, 9.17) is 10.5 Å². The highest BCUT2D eigenvalue weighted by molar-refractivity contribution is 6.05. The maximum Gasteiger partial charge on any atom is 0.123 e. The molecule has 8 nitrogen and oxygen atoms in total. The van der Waals surface area contributed by atoms with Crippen LogP contribution in [0.5, 0.6) is 0 Å². The molecule has 1 atom stereocenters. The Morgan fingerprint density at radius 3 is 2.71 bits per heavy atom. The molecule has 3 aromatic heterocycles. The van der Waals surface area contributed by atoms with E-state index < -0.39 is 6.23 Å². The standard InChI is InChI=1S/C25H25FN6O2/c1-2-25(13-34-14-25)24-23(16-10-29-31(11-16)12-22(27)33)19-8-20-15(9-28-30-20)7-21(19)32(24)18-5-3-17(26)4-6-18/h3-11,22,33H,2,12-14,27H2,1H3,(H,28,30). The van der Waals surface area contributed by atoms with E-state index >= 15 is 0 Å². The monoisotopic (exact) mass is 460 g/mol. The van der Waals surface area contributed by atoms with E-state index in [2.05, 4.69) is 38.9 Å². The Bertz CT molecular complexity index is 1490. The molecule has 0 radical (unpaired) electrons. The van der Waals surface area contributed by atoms with Crippen LogP contribution in [0.3, 0.4) is 0 Å². The van der Waals surface area contributed by atoms with Crippen LogP contribution in [0.25, 0.3) is 38.6 Å². The molecule has 34 heavy (non-hydrogen) atoms. The van der Waals surface area contributed by atoms with Gasteiger partial charge in [-0.05, 0) is 42.8 Å². The maximum absolute atomic E-state index is 13.9. The summed E-state index contributed by atoms with van der Waals surface area (Å²) in [6.07, 6.45) is 5.39. The number of aliphatic hydroxyl groups excluding tert-OH is 1.